The van der Waals surface area contributed by atoms with Crippen LogP contribution in [0, 0.1) is 29.6 Å². The lowest BCUT2D eigenvalue weighted by Gasteiger charge is -2.25. The summed E-state index contributed by atoms with van der Waals surface area (Å²) in [5, 5.41) is 18.6. The van der Waals surface area contributed by atoms with E-state index in [1.807, 2.05) is 12.1 Å². The van der Waals surface area contributed by atoms with Gasteiger partial charge in [0.25, 0.3) is 0 Å². The van der Waals surface area contributed by atoms with Crippen LogP contribution in [0.2, 0.25) is 0 Å². The Hall–Kier alpha value is -3.84. The number of allylic oxidation sites excluding steroid dienone is 2. The van der Waals surface area contributed by atoms with Crippen molar-refractivity contribution in [2.45, 2.75) is 6.92 Å². The van der Waals surface area contributed by atoms with E-state index in [9.17, 15) is 14.9 Å². The fourth-order valence-electron chi connectivity index (χ4n) is 2.59. The highest BCUT2D eigenvalue weighted by Gasteiger charge is 2.29. The van der Waals surface area contributed by atoms with Crippen molar-refractivity contribution in [2.75, 3.05) is 19.1 Å². The molecule has 1 heterocycles. The summed E-state index contributed by atoms with van der Waals surface area (Å²) in [6.07, 6.45) is 6.14. The van der Waals surface area contributed by atoms with Gasteiger partial charge in [-0.2, -0.15) is 10.5 Å². The van der Waals surface area contributed by atoms with Gasteiger partial charge in [-0.25, -0.2) is 9.59 Å². The fourth-order valence-corrected chi connectivity index (χ4v) is 2.59. The molecular formula is C19H15N3O4. The minimum Gasteiger partial charge on any atom is -0.465 e. The van der Waals surface area contributed by atoms with E-state index in [1.54, 1.807) is 25.1 Å². The summed E-state index contributed by atoms with van der Waals surface area (Å²) in [7, 11) is 2.39. The number of hydrogen-bond acceptors (Lipinski definition) is 7. The SMILES string of the molecule is COC(=O)C1=C(C(=O)OC)N(c2c(C)cc(C#N)cc2C#N)C=CC=C1. The number of carbonyl (C=O) groups is 2. The Morgan fingerprint density at radius 2 is 1.73 bits per heavy atom. The van der Waals surface area contributed by atoms with Crippen molar-refractivity contribution in [1.29, 1.82) is 10.5 Å². The number of rotatable bonds is 3. The van der Waals surface area contributed by atoms with Crippen molar-refractivity contribution in [1.82, 2.24) is 0 Å². The van der Waals surface area contributed by atoms with Crippen LogP contribution in [0.25, 0.3) is 0 Å². The lowest BCUT2D eigenvalue weighted by molar-refractivity contribution is -0.139. The molecule has 0 atom stereocenters. The zero-order valence-corrected chi connectivity index (χ0v) is 14.4. The molecule has 0 saturated heterocycles. The highest BCUT2D eigenvalue weighted by molar-refractivity contribution is 6.05. The predicted octanol–water partition coefficient (Wildman–Crippen LogP) is 2.23. The minimum atomic E-state index is -0.769. The number of anilines is 1. The van der Waals surface area contributed by atoms with Gasteiger partial charge in [0.05, 0.1) is 42.7 Å². The lowest BCUT2D eigenvalue weighted by atomic mass is 10.0. The normalized spacial score (nSPS) is 12.9. The molecule has 0 aromatic heterocycles. The number of methoxy groups -OCH3 is 2. The van der Waals surface area contributed by atoms with Crippen LogP contribution in [0.5, 0.6) is 0 Å². The molecule has 2 rings (SSSR count). The zero-order chi connectivity index (χ0) is 19.3. The Morgan fingerprint density at radius 1 is 1.04 bits per heavy atom. The van der Waals surface area contributed by atoms with Crippen molar-refractivity contribution in [3.05, 3.63) is 64.5 Å². The first-order valence-electron chi connectivity index (χ1n) is 7.48. The second-order valence-electron chi connectivity index (χ2n) is 5.23. The van der Waals surface area contributed by atoms with Gasteiger partial charge in [-0.1, -0.05) is 6.08 Å². The molecule has 1 aromatic rings. The smallest absolute Gasteiger partial charge is 0.355 e. The van der Waals surface area contributed by atoms with E-state index >= 15 is 0 Å². The Morgan fingerprint density at radius 3 is 2.31 bits per heavy atom. The molecule has 1 aliphatic heterocycles. The molecule has 0 radical (unpaired) electrons. The van der Waals surface area contributed by atoms with Gasteiger partial charge in [0.15, 0.2) is 0 Å². The number of nitrogens with zero attached hydrogens (tertiary/aromatic N) is 3. The molecule has 0 N–H and O–H groups in total. The Balaban J connectivity index is 2.83. The minimum absolute atomic E-state index is 0.0167. The number of hydrogen-bond donors (Lipinski definition) is 0. The van der Waals surface area contributed by atoms with Crippen LogP contribution in [-0.4, -0.2) is 26.2 Å². The van der Waals surface area contributed by atoms with Crippen LogP contribution >= 0.6 is 0 Å². The first kappa shape index (κ1) is 18.5. The Kier molecular flexibility index (Phi) is 5.56. The highest BCUT2D eigenvalue weighted by Crippen LogP contribution is 2.32. The number of aryl methyl sites for hydroxylation is 1. The molecule has 0 unspecified atom stereocenters. The molecule has 0 spiro atoms. The van der Waals surface area contributed by atoms with Crippen LogP contribution in [0.4, 0.5) is 5.69 Å². The standard InChI is InChI=1S/C19H15N3O4/c1-12-8-13(10-20)9-14(11-21)16(12)22-7-5-4-6-15(18(23)25-2)17(22)19(24)26-3/h4-9H,1-3H3. The predicted molar refractivity (Wildman–Crippen MR) is 92.4 cm³/mol. The summed E-state index contributed by atoms with van der Waals surface area (Å²) >= 11 is 0. The first-order valence-corrected chi connectivity index (χ1v) is 7.48. The van der Waals surface area contributed by atoms with E-state index in [0.29, 0.717) is 16.8 Å². The van der Waals surface area contributed by atoms with Crippen molar-refractivity contribution >= 4 is 17.6 Å². The third-order valence-corrected chi connectivity index (χ3v) is 3.68. The third kappa shape index (κ3) is 3.33. The van der Waals surface area contributed by atoms with E-state index < -0.39 is 11.9 Å². The molecule has 7 nitrogen and oxygen atoms in total. The van der Waals surface area contributed by atoms with E-state index in [1.165, 1.54) is 37.5 Å². The number of esters is 2. The maximum absolute atomic E-state index is 12.4. The molecule has 0 aliphatic carbocycles. The Bertz CT molecular complexity index is 943. The number of ether oxygens (including phenoxy) is 2. The average molecular weight is 349 g/mol. The maximum Gasteiger partial charge on any atom is 0.355 e. The van der Waals surface area contributed by atoms with E-state index in [-0.39, 0.29) is 16.8 Å². The molecule has 0 saturated carbocycles. The molecule has 1 aromatic carbocycles. The third-order valence-electron chi connectivity index (χ3n) is 3.68. The first-order chi connectivity index (χ1) is 12.5. The van der Waals surface area contributed by atoms with E-state index in [4.69, 9.17) is 14.7 Å². The summed E-state index contributed by atoms with van der Waals surface area (Å²) in [4.78, 5) is 26.0. The van der Waals surface area contributed by atoms with Gasteiger partial charge in [0.1, 0.15) is 11.8 Å². The second-order valence-corrected chi connectivity index (χ2v) is 5.23. The van der Waals surface area contributed by atoms with Crippen LogP contribution in [0.15, 0.2) is 47.8 Å². The number of benzene rings is 1. The van der Waals surface area contributed by atoms with Gasteiger partial charge in [-0.15, -0.1) is 0 Å². The molecule has 0 amide bonds. The second kappa shape index (κ2) is 7.82. The summed E-state index contributed by atoms with van der Waals surface area (Å²) in [6, 6.07) is 7.03. The van der Waals surface area contributed by atoms with E-state index in [0.717, 1.165) is 0 Å². The quantitative estimate of drug-likeness (QED) is 0.771. The maximum atomic E-state index is 12.4. The number of nitriles is 2. The van der Waals surface area contributed by atoms with Gasteiger partial charge < -0.3 is 14.4 Å². The largest absolute Gasteiger partial charge is 0.465 e. The molecule has 130 valence electrons. The molecule has 0 bridgehead atoms. The van der Waals surface area contributed by atoms with Gasteiger partial charge in [0.2, 0.25) is 0 Å². The van der Waals surface area contributed by atoms with Crippen molar-refractivity contribution in [3.63, 3.8) is 0 Å². The van der Waals surface area contributed by atoms with Gasteiger partial charge in [-0.3, -0.25) is 0 Å². The summed E-state index contributed by atoms with van der Waals surface area (Å²) in [6.45, 7) is 1.70. The molecule has 7 heteroatoms. The summed E-state index contributed by atoms with van der Waals surface area (Å²) < 4.78 is 9.59. The zero-order valence-electron chi connectivity index (χ0n) is 14.4. The average Bonchev–Trinajstić information content (AvgIpc) is 2.88. The van der Waals surface area contributed by atoms with Crippen LogP contribution in [0.1, 0.15) is 16.7 Å². The van der Waals surface area contributed by atoms with Crippen molar-refractivity contribution < 1.29 is 19.1 Å². The number of carbonyl (C=O) groups excluding carboxylic acids is 2. The monoisotopic (exact) mass is 349 g/mol. The molecule has 1 aliphatic rings. The molecule has 0 fully saturated rings. The van der Waals surface area contributed by atoms with Crippen LogP contribution in [-0.2, 0) is 19.1 Å². The fraction of sp³-hybridized carbons (Fsp3) is 0.158. The topological polar surface area (TPSA) is 103 Å². The lowest BCUT2D eigenvalue weighted by Crippen LogP contribution is -2.28. The van der Waals surface area contributed by atoms with Crippen molar-refractivity contribution in [3.8, 4) is 12.1 Å². The van der Waals surface area contributed by atoms with Gasteiger partial charge in [-0.05, 0) is 36.8 Å². The van der Waals surface area contributed by atoms with E-state index in [2.05, 4.69) is 0 Å². The molecular weight excluding hydrogens is 334 g/mol. The van der Waals surface area contributed by atoms with Crippen LogP contribution in [0.3, 0.4) is 0 Å². The van der Waals surface area contributed by atoms with Crippen molar-refractivity contribution in [2.24, 2.45) is 0 Å². The Labute approximate surface area is 150 Å². The van der Waals surface area contributed by atoms with Gasteiger partial charge in [0, 0.05) is 6.20 Å². The molecule has 26 heavy (non-hydrogen) atoms. The van der Waals surface area contributed by atoms with Gasteiger partial charge >= 0.3 is 11.9 Å². The van der Waals surface area contributed by atoms with Crippen LogP contribution < -0.4 is 4.90 Å². The highest BCUT2D eigenvalue weighted by atomic mass is 16.5. The summed E-state index contributed by atoms with van der Waals surface area (Å²) in [5.41, 5.74) is 1.34. The summed E-state index contributed by atoms with van der Waals surface area (Å²) in [5.74, 6) is -1.49.